The van der Waals surface area contributed by atoms with E-state index in [0.29, 0.717) is 25.5 Å². The second-order valence-electron chi connectivity index (χ2n) is 5.31. The van der Waals surface area contributed by atoms with Gasteiger partial charge in [0.2, 0.25) is 0 Å². The first kappa shape index (κ1) is 21.5. The Balaban J connectivity index is 0.00000312. The van der Waals surface area contributed by atoms with Crippen molar-refractivity contribution in [2.45, 2.75) is 25.9 Å². The first-order chi connectivity index (χ1) is 11.4. The summed E-state index contributed by atoms with van der Waals surface area (Å²) in [6, 6.07) is 4.53. The van der Waals surface area contributed by atoms with Crippen LogP contribution in [0.1, 0.15) is 18.9 Å². The molecule has 0 amide bonds. The topological polar surface area (TPSA) is 52.2 Å². The molecule has 0 radical (unpaired) electrons. The van der Waals surface area contributed by atoms with Crippen LogP contribution < -0.4 is 10.6 Å². The number of alkyl halides is 3. The fourth-order valence-electron chi connectivity index (χ4n) is 2.32. The van der Waals surface area contributed by atoms with Gasteiger partial charge in [-0.25, -0.2) is 4.39 Å². The molecule has 0 aliphatic rings. The second kappa shape index (κ2) is 9.83. The van der Waals surface area contributed by atoms with Crippen LogP contribution in [0.15, 0.2) is 29.4 Å². The lowest BCUT2D eigenvalue weighted by atomic mass is 10.1. The van der Waals surface area contributed by atoms with Gasteiger partial charge in [0.05, 0.1) is 13.0 Å². The summed E-state index contributed by atoms with van der Waals surface area (Å²) < 4.78 is 49.7. The number of halogens is 5. The summed E-state index contributed by atoms with van der Waals surface area (Å²) >= 11 is 0. The van der Waals surface area contributed by atoms with Gasteiger partial charge in [0.1, 0.15) is 5.82 Å². The van der Waals surface area contributed by atoms with Crippen LogP contribution in [0.25, 0.3) is 10.9 Å². The van der Waals surface area contributed by atoms with Crippen LogP contribution in [0.3, 0.4) is 0 Å². The Labute approximate surface area is 160 Å². The van der Waals surface area contributed by atoms with E-state index in [0.717, 1.165) is 16.5 Å². The van der Waals surface area contributed by atoms with Gasteiger partial charge in [0, 0.05) is 30.2 Å². The Morgan fingerprint density at radius 3 is 2.68 bits per heavy atom. The van der Waals surface area contributed by atoms with Gasteiger partial charge in [-0.1, -0.05) is 0 Å². The lowest BCUT2D eigenvalue weighted by Crippen LogP contribution is -2.38. The van der Waals surface area contributed by atoms with Crippen molar-refractivity contribution < 1.29 is 17.6 Å². The van der Waals surface area contributed by atoms with Crippen LogP contribution in [-0.2, 0) is 6.42 Å². The summed E-state index contributed by atoms with van der Waals surface area (Å²) in [5.41, 5.74) is 1.72. The smallest absolute Gasteiger partial charge is 0.361 e. The molecule has 25 heavy (non-hydrogen) atoms. The molecule has 0 saturated carbocycles. The summed E-state index contributed by atoms with van der Waals surface area (Å²) in [5.74, 6) is 0.0490. The molecule has 0 fully saturated rings. The molecule has 0 bridgehead atoms. The van der Waals surface area contributed by atoms with Crippen LogP contribution in [0, 0.1) is 5.82 Å². The molecule has 1 aromatic carbocycles. The Bertz CT molecular complexity index is 697. The summed E-state index contributed by atoms with van der Waals surface area (Å²) in [6.45, 7) is 2.59. The highest BCUT2D eigenvalue weighted by Crippen LogP contribution is 2.20. The number of aliphatic imine (C=N–C) groups is 1. The lowest BCUT2D eigenvalue weighted by molar-refractivity contribution is -0.132. The minimum Gasteiger partial charge on any atom is -0.361 e. The number of H-pyrrole nitrogens is 1. The van der Waals surface area contributed by atoms with Crippen LogP contribution in [0.4, 0.5) is 17.6 Å². The zero-order valence-corrected chi connectivity index (χ0v) is 16.0. The molecule has 0 saturated heterocycles. The van der Waals surface area contributed by atoms with E-state index >= 15 is 0 Å². The van der Waals surface area contributed by atoms with Crippen molar-refractivity contribution in [3.8, 4) is 0 Å². The Hall–Kier alpha value is -1.52. The zero-order chi connectivity index (χ0) is 17.6. The summed E-state index contributed by atoms with van der Waals surface area (Å²) in [6.07, 6.45) is -2.72. The summed E-state index contributed by atoms with van der Waals surface area (Å²) in [4.78, 5) is 6.91. The second-order valence-corrected chi connectivity index (χ2v) is 5.31. The number of benzene rings is 1. The van der Waals surface area contributed by atoms with Gasteiger partial charge in [0.25, 0.3) is 0 Å². The number of rotatable bonds is 6. The average Bonchev–Trinajstić information content (AvgIpc) is 2.88. The first-order valence-electron chi connectivity index (χ1n) is 7.73. The predicted octanol–water partition coefficient (Wildman–Crippen LogP) is 3.98. The highest BCUT2D eigenvalue weighted by Gasteiger charge is 2.26. The Morgan fingerprint density at radius 2 is 2.00 bits per heavy atom. The van der Waals surface area contributed by atoms with Gasteiger partial charge in [-0.05, 0) is 37.1 Å². The molecule has 4 nitrogen and oxygen atoms in total. The maximum Gasteiger partial charge on any atom is 0.390 e. The van der Waals surface area contributed by atoms with Gasteiger partial charge >= 0.3 is 6.18 Å². The molecule has 2 aromatic rings. The van der Waals surface area contributed by atoms with Crippen molar-refractivity contribution in [1.82, 2.24) is 15.6 Å². The molecule has 9 heteroatoms. The number of fused-ring (bicyclic) bond motifs is 1. The summed E-state index contributed by atoms with van der Waals surface area (Å²) in [5, 5.41) is 6.84. The predicted molar refractivity (Wildman–Crippen MR) is 102 cm³/mol. The normalized spacial score (nSPS) is 12.1. The van der Waals surface area contributed by atoms with Crippen molar-refractivity contribution in [2.24, 2.45) is 4.99 Å². The van der Waals surface area contributed by atoms with E-state index in [9.17, 15) is 17.6 Å². The molecule has 1 aromatic heterocycles. The van der Waals surface area contributed by atoms with Crippen LogP contribution >= 0.6 is 24.0 Å². The maximum absolute atomic E-state index is 13.2. The van der Waals surface area contributed by atoms with Gasteiger partial charge in [0.15, 0.2) is 5.96 Å². The fourth-order valence-corrected chi connectivity index (χ4v) is 2.32. The van der Waals surface area contributed by atoms with Crippen LogP contribution in [0.2, 0.25) is 0 Å². The Morgan fingerprint density at radius 1 is 1.24 bits per heavy atom. The van der Waals surface area contributed by atoms with Crippen molar-refractivity contribution >= 4 is 40.8 Å². The van der Waals surface area contributed by atoms with E-state index < -0.39 is 12.6 Å². The van der Waals surface area contributed by atoms with Crippen molar-refractivity contribution in [3.05, 3.63) is 35.8 Å². The lowest BCUT2D eigenvalue weighted by Gasteiger charge is -2.11. The molecule has 0 unspecified atom stereocenters. The largest absolute Gasteiger partial charge is 0.390 e. The number of aromatic amines is 1. The third-order valence-electron chi connectivity index (χ3n) is 3.43. The number of hydrogen-bond acceptors (Lipinski definition) is 1. The van der Waals surface area contributed by atoms with Gasteiger partial charge in [-0.3, -0.25) is 4.99 Å². The molecule has 0 spiro atoms. The van der Waals surface area contributed by atoms with Crippen molar-refractivity contribution in [2.75, 3.05) is 19.6 Å². The average molecular weight is 472 g/mol. The molecule has 0 aliphatic heterocycles. The SMILES string of the molecule is CCNC(=NCCC(F)(F)F)NCCc1c[nH]c2cc(F)ccc12.I. The molecule has 0 atom stereocenters. The quantitative estimate of drug-likeness (QED) is 0.258. The Kier molecular flexibility index (Phi) is 8.46. The number of aromatic nitrogens is 1. The molecule has 3 N–H and O–H groups in total. The number of nitrogens with one attached hydrogen (secondary N) is 3. The number of guanidine groups is 1. The highest BCUT2D eigenvalue weighted by molar-refractivity contribution is 14.0. The van der Waals surface area contributed by atoms with Gasteiger partial charge in [-0.2, -0.15) is 13.2 Å². The standard InChI is InChI=1S/C16H20F4N4.HI/c1-2-21-15(23-8-6-16(18,19)20)22-7-5-11-10-24-14-9-12(17)3-4-13(11)14;/h3-4,9-10,24H,2,5-8H2,1H3,(H2,21,22,23);1H. The first-order valence-corrected chi connectivity index (χ1v) is 7.73. The fraction of sp³-hybridized carbons (Fsp3) is 0.438. The molecule has 0 aliphatic carbocycles. The van der Waals surface area contributed by atoms with E-state index in [-0.39, 0.29) is 36.3 Å². The van der Waals surface area contributed by atoms with Crippen LogP contribution in [0.5, 0.6) is 0 Å². The van der Waals surface area contributed by atoms with E-state index in [1.165, 1.54) is 12.1 Å². The molecular formula is C16H21F4IN4. The number of nitrogens with zero attached hydrogens (tertiary/aromatic N) is 1. The minimum atomic E-state index is -4.21. The molecule has 2 rings (SSSR count). The summed E-state index contributed by atoms with van der Waals surface area (Å²) in [7, 11) is 0. The molecular weight excluding hydrogens is 451 g/mol. The van der Waals surface area contributed by atoms with E-state index in [1.807, 2.05) is 6.92 Å². The van der Waals surface area contributed by atoms with Gasteiger partial charge < -0.3 is 15.6 Å². The zero-order valence-electron chi connectivity index (χ0n) is 13.7. The third kappa shape index (κ3) is 7.09. The van der Waals surface area contributed by atoms with E-state index in [2.05, 4.69) is 20.6 Å². The van der Waals surface area contributed by atoms with Crippen molar-refractivity contribution in [1.29, 1.82) is 0 Å². The molecule has 1 heterocycles. The van der Waals surface area contributed by atoms with Crippen LogP contribution in [-0.4, -0.2) is 36.8 Å². The maximum atomic E-state index is 13.2. The van der Waals surface area contributed by atoms with Crippen molar-refractivity contribution in [3.63, 3.8) is 0 Å². The molecule has 140 valence electrons. The minimum absolute atomic E-state index is 0. The monoisotopic (exact) mass is 472 g/mol. The van der Waals surface area contributed by atoms with E-state index in [1.54, 1.807) is 12.3 Å². The third-order valence-corrected chi connectivity index (χ3v) is 3.43. The highest BCUT2D eigenvalue weighted by atomic mass is 127. The van der Waals surface area contributed by atoms with E-state index in [4.69, 9.17) is 0 Å². The van der Waals surface area contributed by atoms with Gasteiger partial charge in [-0.15, -0.1) is 24.0 Å². The number of hydrogen-bond donors (Lipinski definition) is 3.